The SMILES string of the molecule is O=C(O)C1=CNc2ccccc2C=C1. The molecule has 3 nitrogen and oxygen atoms in total. The van der Waals surface area contributed by atoms with Crippen LogP contribution in [0.15, 0.2) is 42.1 Å². The predicted molar refractivity (Wildman–Crippen MR) is 54.8 cm³/mol. The largest absolute Gasteiger partial charge is 0.478 e. The molecular weight excluding hydrogens is 178 g/mol. The average Bonchev–Trinajstić information content (AvgIpc) is 2.39. The Morgan fingerprint density at radius 2 is 2.00 bits per heavy atom. The quantitative estimate of drug-likeness (QED) is 0.707. The Morgan fingerprint density at radius 1 is 1.21 bits per heavy atom. The molecule has 0 fully saturated rings. The summed E-state index contributed by atoms with van der Waals surface area (Å²) in [5.74, 6) is -0.929. The standard InChI is InChI=1S/C11H9NO2/c13-11(14)9-6-5-8-3-1-2-4-10(8)12-7-9/h1-7,12H,(H,13,14). The smallest absolute Gasteiger partial charge is 0.337 e. The molecule has 0 atom stereocenters. The van der Waals surface area contributed by atoms with E-state index in [2.05, 4.69) is 5.32 Å². The molecule has 0 bridgehead atoms. The molecule has 0 radical (unpaired) electrons. The highest BCUT2D eigenvalue weighted by Crippen LogP contribution is 2.20. The van der Waals surface area contributed by atoms with Gasteiger partial charge in [0.2, 0.25) is 0 Å². The molecule has 2 rings (SSSR count). The van der Waals surface area contributed by atoms with Gasteiger partial charge in [0.15, 0.2) is 0 Å². The number of hydrogen-bond donors (Lipinski definition) is 2. The van der Waals surface area contributed by atoms with Gasteiger partial charge in [-0.15, -0.1) is 0 Å². The Kier molecular flexibility index (Phi) is 2.07. The molecule has 0 aliphatic carbocycles. The minimum absolute atomic E-state index is 0.251. The van der Waals surface area contributed by atoms with Crippen LogP contribution in [0.25, 0.3) is 6.08 Å². The second-order valence-electron chi connectivity index (χ2n) is 2.97. The maximum absolute atomic E-state index is 10.7. The molecule has 1 aliphatic heterocycles. The van der Waals surface area contributed by atoms with Crippen LogP contribution in [0, 0.1) is 0 Å². The van der Waals surface area contributed by atoms with Gasteiger partial charge in [0.25, 0.3) is 0 Å². The van der Waals surface area contributed by atoms with Crippen LogP contribution in [-0.2, 0) is 4.79 Å². The number of anilines is 1. The van der Waals surface area contributed by atoms with Crippen LogP contribution in [0.1, 0.15) is 5.56 Å². The van der Waals surface area contributed by atoms with Crippen molar-refractivity contribution in [3.63, 3.8) is 0 Å². The van der Waals surface area contributed by atoms with Gasteiger partial charge < -0.3 is 10.4 Å². The molecule has 1 aromatic carbocycles. The van der Waals surface area contributed by atoms with Crippen molar-refractivity contribution < 1.29 is 9.90 Å². The first kappa shape index (κ1) is 8.56. The van der Waals surface area contributed by atoms with E-state index in [-0.39, 0.29) is 5.57 Å². The van der Waals surface area contributed by atoms with Crippen molar-refractivity contribution in [2.45, 2.75) is 0 Å². The zero-order chi connectivity index (χ0) is 9.97. The Bertz CT molecular complexity index is 433. The molecular formula is C11H9NO2. The van der Waals surface area contributed by atoms with Crippen LogP contribution >= 0.6 is 0 Å². The van der Waals surface area contributed by atoms with Gasteiger partial charge >= 0.3 is 5.97 Å². The molecule has 1 heterocycles. The first-order valence-electron chi connectivity index (χ1n) is 4.24. The number of carboxylic acid groups (broad SMARTS) is 1. The van der Waals surface area contributed by atoms with E-state index in [1.54, 1.807) is 12.2 Å². The van der Waals surface area contributed by atoms with E-state index in [1.807, 2.05) is 24.3 Å². The highest BCUT2D eigenvalue weighted by Gasteiger charge is 2.07. The van der Waals surface area contributed by atoms with Gasteiger partial charge in [-0.2, -0.15) is 0 Å². The summed E-state index contributed by atoms with van der Waals surface area (Å²) in [5, 5.41) is 11.7. The lowest BCUT2D eigenvalue weighted by Gasteiger charge is -2.02. The third-order valence-electron chi connectivity index (χ3n) is 2.03. The van der Waals surface area contributed by atoms with Crippen molar-refractivity contribution in [1.29, 1.82) is 0 Å². The van der Waals surface area contributed by atoms with E-state index < -0.39 is 5.97 Å². The van der Waals surface area contributed by atoms with Gasteiger partial charge in [0, 0.05) is 11.9 Å². The number of nitrogens with one attached hydrogen (secondary N) is 1. The number of fused-ring (bicyclic) bond motifs is 1. The maximum atomic E-state index is 10.7. The molecule has 1 aliphatic rings. The molecule has 3 heteroatoms. The summed E-state index contributed by atoms with van der Waals surface area (Å²) in [7, 11) is 0. The topological polar surface area (TPSA) is 49.3 Å². The number of carbonyl (C=O) groups is 1. The van der Waals surface area contributed by atoms with Gasteiger partial charge in [-0.25, -0.2) is 4.79 Å². The lowest BCUT2D eigenvalue weighted by atomic mass is 10.1. The van der Waals surface area contributed by atoms with Crippen molar-refractivity contribution in [3.05, 3.63) is 47.7 Å². The summed E-state index contributed by atoms with van der Waals surface area (Å²) in [6.07, 6.45) is 4.86. The number of benzene rings is 1. The fraction of sp³-hybridized carbons (Fsp3) is 0. The van der Waals surface area contributed by atoms with E-state index >= 15 is 0 Å². The number of aliphatic carboxylic acids is 1. The fourth-order valence-corrected chi connectivity index (χ4v) is 1.29. The number of hydrogen-bond acceptors (Lipinski definition) is 2. The molecule has 70 valence electrons. The molecule has 0 spiro atoms. The third-order valence-corrected chi connectivity index (χ3v) is 2.03. The summed E-state index contributed by atoms with van der Waals surface area (Å²) < 4.78 is 0. The normalized spacial score (nSPS) is 13.6. The Labute approximate surface area is 81.4 Å². The maximum Gasteiger partial charge on any atom is 0.337 e. The fourth-order valence-electron chi connectivity index (χ4n) is 1.29. The monoisotopic (exact) mass is 187 g/mol. The van der Waals surface area contributed by atoms with Crippen molar-refractivity contribution in [3.8, 4) is 0 Å². The van der Waals surface area contributed by atoms with Crippen LogP contribution in [-0.4, -0.2) is 11.1 Å². The van der Waals surface area contributed by atoms with E-state index in [4.69, 9.17) is 5.11 Å². The van der Waals surface area contributed by atoms with Gasteiger partial charge in [-0.05, 0) is 17.7 Å². The minimum atomic E-state index is -0.929. The predicted octanol–water partition coefficient (Wildman–Crippen LogP) is 2.09. The summed E-state index contributed by atoms with van der Waals surface area (Å²) >= 11 is 0. The van der Waals surface area contributed by atoms with Crippen LogP contribution in [0.4, 0.5) is 5.69 Å². The van der Waals surface area contributed by atoms with E-state index in [0.717, 1.165) is 11.3 Å². The zero-order valence-corrected chi connectivity index (χ0v) is 7.40. The second-order valence-corrected chi connectivity index (χ2v) is 2.97. The van der Waals surface area contributed by atoms with Crippen molar-refractivity contribution in [2.24, 2.45) is 0 Å². The van der Waals surface area contributed by atoms with Crippen molar-refractivity contribution in [1.82, 2.24) is 0 Å². The Hall–Kier alpha value is -2.03. The minimum Gasteiger partial charge on any atom is -0.478 e. The average molecular weight is 187 g/mol. The summed E-state index contributed by atoms with van der Waals surface area (Å²) in [5.41, 5.74) is 2.15. The highest BCUT2D eigenvalue weighted by atomic mass is 16.4. The second kappa shape index (κ2) is 3.38. The van der Waals surface area contributed by atoms with Gasteiger partial charge in [0.05, 0.1) is 5.57 Å². The molecule has 0 saturated carbocycles. The molecule has 0 saturated heterocycles. The lowest BCUT2D eigenvalue weighted by Crippen LogP contribution is -1.99. The van der Waals surface area contributed by atoms with Gasteiger partial charge in [-0.3, -0.25) is 0 Å². The molecule has 0 amide bonds. The Morgan fingerprint density at radius 3 is 2.79 bits per heavy atom. The Balaban J connectivity index is 2.41. The molecule has 0 aromatic heterocycles. The molecule has 2 N–H and O–H groups in total. The van der Waals surface area contributed by atoms with E-state index in [9.17, 15) is 4.79 Å². The van der Waals surface area contributed by atoms with Gasteiger partial charge in [0.1, 0.15) is 0 Å². The van der Waals surface area contributed by atoms with Crippen molar-refractivity contribution >= 4 is 17.7 Å². The molecule has 0 unspecified atom stereocenters. The number of carboxylic acids is 1. The summed E-state index contributed by atoms with van der Waals surface area (Å²) in [4.78, 5) is 10.7. The lowest BCUT2D eigenvalue weighted by molar-refractivity contribution is -0.132. The van der Waals surface area contributed by atoms with E-state index in [0.29, 0.717) is 0 Å². The zero-order valence-electron chi connectivity index (χ0n) is 7.40. The highest BCUT2D eigenvalue weighted by molar-refractivity contribution is 5.93. The van der Waals surface area contributed by atoms with Crippen LogP contribution in [0.3, 0.4) is 0 Å². The van der Waals surface area contributed by atoms with Crippen LogP contribution in [0.5, 0.6) is 0 Å². The molecule has 1 aromatic rings. The number of para-hydroxylation sites is 1. The van der Waals surface area contributed by atoms with Crippen molar-refractivity contribution in [2.75, 3.05) is 5.32 Å². The third kappa shape index (κ3) is 1.52. The van der Waals surface area contributed by atoms with Gasteiger partial charge in [-0.1, -0.05) is 24.3 Å². The van der Waals surface area contributed by atoms with Crippen LogP contribution in [0.2, 0.25) is 0 Å². The first-order valence-corrected chi connectivity index (χ1v) is 4.24. The molecule has 14 heavy (non-hydrogen) atoms. The summed E-state index contributed by atoms with van der Waals surface area (Å²) in [6, 6.07) is 7.65. The summed E-state index contributed by atoms with van der Waals surface area (Å²) in [6.45, 7) is 0. The number of rotatable bonds is 1. The van der Waals surface area contributed by atoms with Crippen LogP contribution < -0.4 is 5.32 Å². The van der Waals surface area contributed by atoms with E-state index in [1.165, 1.54) is 6.20 Å². The first-order chi connectivity index (χ1) is 6.77.